The number of aryl methyl sites for hydroxylation is 1. The van der Waals surface area contributed by atoms with Gasteiger partial charge in [-0.2, -0.15) is 0 Å². The molecule has 1 aromatic heterocycles. The average Bonchev–Trinajstić information content (AvgIpc) is 3.42. The minimum atomic E-state index is -0.918. The number of aromatic amines is 1. The van der Waals surface area contributed by atoms with Crippen molar-refractivity contribution in [3.05, 3.63) is 101 Å². The molecule has 0 aliphatic carbocycles. The Morgan fingerprint density at radius 3 is 2.51 bits per heavy atom. The minimum Gasteiger partial charge on any atom is -0.507 e. The highest BCUT2D eigenvalue weighted by Crippen LogP contribution is 2.44. The van der Waals surface area contributed by atoms with Gasteiger partial charge in [0.25, 0.3) is 11.7 Å². The van der Waals surface area contributed by atoms with Crippen molar-refractivity contribution in [2.24, 2.45) is 5.92 Å². The Morgan fingerprint density at radius 1 is 1.08 bits per heavy atom. The van der Waals surface area contributed by atoms with Crippen LogP contribution in [0.1, 0.15) is 36.6 Å². The van der Waals surface area contributed by atoms with Crippen molar-refractivity contribution in [2.45, 2.75) is 26.8 Å². The number of aromatic nitrogens is 1. The van der Waals surface area contributed by atoms with Crippen LogP contribution in [0.25, 0.3) is 16.7 Å². The quantitative estimate of drug-likeness (QED) is 0.186. The molecule has 188 valence electrons. The number of aliphatic hydroxyl groups excluding tert-OH is 1. The van der Waals surface area contributed by atoms with Crippen LogP contribution in [0.4, 0.5) is 10.1 Å². The van der Waals surface area contributed by atoms with E-state index in [1.807, 2.05) is 31.2 Å². The summed E-state index contributed by atoms with van der Waals surface area (Å²) in [6.45, 7) is 6.52. The van der Waals surface area contributed by atoms with Gasteiger partial charge in [0.2, 0.25) is 0 Å². The summed E-state index contributed by atoms with van der Waals surface area (Å²) in [5.41, 5.74) is 2.98. The molecule has 1 saturated heterocycles. The number of benzene rings is 3. The summed E-state index contributed by atoms with van der Waals surface area (Å²) in [6.07, 6.45) is 1.74. The molecule has 2 N–H and O–H groups in total. The summed E-state index contributed by atoms with van der Waals surface area (Å²) in [5, 5.41) is 12.3. The number of ether oxygens (including phenoxy) is 1. The van der Waals surface area contributed by atoms with Crippen molar-refractivity contribution in [1.82, 2.24) is 4.98 Å². The summed E-state index contributed by atoms with van der Waals surface area (Å²) < 4.78 is 19.5. The van der Waals surface area contributed by atoms with Crippen molar-refractivity contribution in [3.63, 3.8) is 0 Å². The molecule has 0 bridgehead atoms. The minimum absolute atomic E-state index is 0.0330. The number of amides is 1. The molecule has 2 heterocycles. The summed E-state index contributed by atoms with van der Waals surface area (Å²) in [6, 6.07) is 17.1. The summed E-state index contributed by atoms with van der Waals surface area (Å²) >= 11 is 0. The van der Waals surface area contributed by atoms with Crippen LogP contribution in [0.2, 0.25) is 0 Å². The number of hydrogen-bond acceptors (Lipinski definition) is 4. The summed E-state index contributed by atoms with van der Waals surface area (Å²) in [4.78, 5) is 31.3. The Hall–Kier alpha value is -4.39. The van der Waals surface area contributed by atoms with E-state index in [-0.39, 0.29) is 11.3 Å². The third-order valence-corrected chi connectivity index (χ3v) is 6.49. The first kappa shape index (κ1) is 24.3. The third-order valence-electron chi connectivity index (χ3n) is 6.49. The number of ketones is 1. The molecule has 1 atom stereocenters. The number of halogens is 1. The molecule has 3 aromatic carbocycles. The predicted molar refractivity (Wildman–Crippen MR) is 141 cm³/mol. The number of hydrogen-bond donors (Lipinski definition) is 2. The Kier molecular flexibility index (Phi) is 6.29. The molecule has 5 rings (SSSR count). The van der Waals surface area contributed by atoms with Gasteiger partial charge in [0, 0.05) is 33.9 Å². The highest BCUT2D eigenvalue weighted by atomic mass is 19.1. The highest BCUT2D eigenvalue weighted by molar-refractivity contribution is 6.51. The summed E-state index contributed by atoms with van der Waals surface area (Å²) in [7, 11) is 0. The number of aliphatic hydroxyl groups is 1. The van der Waals surface area contributed by atoms with Gasteiger partial charge in [-0.3, -0.25) is 14.5 Å². The van der Waals surface area contributed by atoms with E-state index in [4.69, 9.17) is 4.74 Å². The number of fused-ring (bicyclic) bond motifs is 1. The zero-order chi connectivity index (χ0) is 26.3. The zero-order valence-corrected chi connectivity index (χ0v) is 20.8. The van der Waals surface area contributed by atoms with E-state index in [2.05, 4.69) is 18.8 Å². The number of nitrogens with zero attached hydrogens (tertiary/aromatic N) is 1. The van der Waals surface area contributed by atoms with Crippen LogP contribution in [0, 0.1) is 18.7 Å². The molecule has 1 aliphatic heterocycles. The van der Waals surface area contributed by atoms with Gasteiger partial charge in [-0.05, 0) is 66.9 Å². The van der Waals surface area contributed by atoms with Gasteiger partial charge in [0.05, 0.1) is 18.2 Å². The van der Waals surface area contributed by atoms with E-state index in [1.54, 1.807) is 24.4 Å². The average molecular weight is 499 g/mol. The lowest BCUT2D eigenvalue weighted by Crippen LogP contribution is -2.29. The van der Waals surface area contributed by atoms with Crippen molar-refractivity contribution >= 4 is 34.0 Å². The number of rotatable bonds is 6. The van der Waals surface area contributed by atoms with Gasteiger partial charge in [-0.15, -0.1) is 0 Å². The second kappa shape index (κ2) is 9.58. The molecular formula is C30H27FN2O4. The number of para-hydroxylation sites is 1. The van der Waals surface area contributed by atoms with E-state index >= 15 is 0 Å². The van der Waals surface area contributed by atoms with Gasteiger partial charge in [0.15, 0.2) is 0 Å². The van der Waals surface area contributed by atoms with Crippen molar-refractivity contribution in [2.75, 3.05) is 11.5 Å². The molecule has 4 aromatic rings. The molecule has 1 fully saturated rings. The Morgan fingerprint density at radius 2 is 1.81 bits per heavy atom. The highest BCUT2D eigenvalue weighted by Gasteiger charge is 2.47. The van der Waals surface area contributed by atoms with Gasteiger partial charge in [0.1, 0.15) is 17.3 Å². The van der Waals surface area contributed by atoms with Crippen molar-refractivity contribution in [3.8, 4) is 5.75 Å². The number of H-pyrrole nitrogens is 1. The van der Waals surface area contributed by atoms with Gasteiger partial charge < -0.3 is 14.8 Å². The molecule has 1 unspecified atom stereocenters. The molecule has 6 nitrogen and oxygen atoms in total. The normalized spacial score (nSPS) is 17.2. The lowest BCUT2D eigenvalue weighted by Gasteiger charge is -2.25. The number of Topliss-reactive ketones (excluding diaryl/α,β-unsaturated/α-hetero) is 1. The van der Waals surface area contributed by atoms with Gasteiger partial charge in [-0.1, -0.05) is 32.0 Å². The van der Waals surface area contributed by atoms with Gasteiger partial charge >= 0.3 is 0 Å². The van der Waals surface area contributed by atoms with E-state index in [9.17, 15) is 19.1 Å². The van der Waals surface area contributed by atoms with E-state index in [0.717, 1.165) is 16.5 Å². The van der Waals surface area contributed by atoms with Crippen LogP contribution in [0.3, 0.4) is 0 Å². The fraction of sp³-hybridized carbons (Fsp3) is 0.200. The second-order valence-corrected chi connectivity index (χ2v) is 9.62. The Balaban J connectivity index is 1.68. The third kappa shape index (κ3) is 4.37. The number of anilines is 1. The molecule has 7 heteroatoms. The number of nitrogens with one attached hydrogen (secondary N) is 1. The summed E-state index contributed by atoms with van der Waals surface area (Å²) in [5.74, 6) is -1.31. The van der Waals surface area contributed by atoms with Crippen LogP contribution in [-0.2, 0) is 9.59 Å². The van der Waals surface area contributed by atoms with Crippen LogP contribution in [-0.4, -0.2) is 28.4 Å². The van der Waals surface area contributed by atoms with E-state index < -0.39 is 23.5 Å². The molecule has 0 saturated carbocycles. The number of carbonyl (C=O) groups excluding carboxylic acids is 2. The van der Waals surface area contributed by atoms with E-state index in [1.165, 1.54) is 29.2 Å². The molecule has 0 radical (unpaired) electrons. The first-order valence-corrected chi connectivity index (χ1v) is 12.1. The van der Waals surface area contributed by atoms with E-state index in [0.29, 0.717) is 35.1 Å². The SMILES string of the molecule is Cc1cc(/C(O)=C2\C(=O)C(=O)N(c3ccc(F)cc3)C2c2c[nH]c3ccccc23)ccc1OCC(C)C. The Bertz CT molecular complexity index is 1530. The zero-order valence-electron chi connectivity index (χ0n) is 20.8. The first-order chi connectivity index (χ1) is 17.8. The fourth-order valence-electron chi connectivity index (χ4n) is 4.69. The lowest BCUT2D eigenvalue weighted by atomic mass is 9.94. The maximum Gasteiger partial charge on any atom is 0.300 e. The standard InChI is InChI=1S/C30H27FN2O4/c1-17(2)16-37-25-13-8-19(14-18(25)3)28(34)26-27(23-15-32-24-7-5-4-6-22(23)24)33(30(36)29(26)35)21-11-9-20(31)10-12-21/h4-15,17,27,32,34H,16H2,1-3H3/b28-26+. The molecule has 37 heavy (non-hydrogen) atoms. The maximum atomic E-state index is 13.7. The smallest absolute Gasteiger partial charge is 0.300 e. The topological polar surface area (TPSA) is 82.6 Å². The molecular weight excluding hydrogens is 471 g/mol. The predicted octanol–water partition coefficient (Wildman–Crippen LogP) is 6.28. The van der Waals surface area contributed by atoms with Crippen LogP contribution < -0.4 is 9.64 Å². The molecule has 1 aliphatic rings. The first-order valence-electron chi connectivity index (χ1n) is 12.1. The van der Waals surface area contributed by atoms with Crippen LogP contribution >= 0.6 is 0 Å². The molecule has 1 amide bonds. The maximum absolute atomic E-state index is 13.7. The van der Waals surface area contributed by atoms with Crippen molar-refractivity contribution in [1.29, 1.82) is 0 Å². The van der Waals surface area contributed by atoms with Crippen molar-refractivity contribution < 1.29 is 23.8 Å². The largest absolute Gasteiger partial charge is 0.507 e. The van der Waals surface area contributed by atoms with Crippen LogP contribution in [0.15, 0.2) is 78.5 Å². The lowest BCUT2D eigenvalue weighted by molar-refractivity contribution is -0.132. The molecule has 0 spiro atoms. The van der Waals surface area contributed by atoms with Gasteiger partial charge in [-0.25, -0.2) is 4.39 Å². The Labute approximate surface area is 214 Å². The fourth-order valence-corrected chi connectivity index (χ4v) is 4.69. The number of carbonyl (C=O) groups is 2. The van der Waals surface area contributed by atoms with Crippen LogP contribution in [0.5, 0.6) is 5.75 Å². The second-order valence-electron chi connectivity index (χ2n) is 9.62. The monoisotopic (exact) mass is 498 g/mol.